The summed E-state index contributed by atoms with van der Waals surface area (Å²) in [4.78, 5) is 8.97. The quantitative estimate of drug-likeness (QED) is 0.294. The molecule has 38 valence electrons. The zero-order chi connectivity index (χ0) is 4.83. The summed E-state index contributed by atoms with van der Waals surface area (Å²) in [5.41, 5.74) is 0. The Kier molecular flexibility index (Phi) is 4.85. The van der Waals surface area contributed by atoms with Gasteiger partial charge in [-0.15, -0.1) is 0 Å². The van der Waals surface area contributed by atoms with Crippen LogP contribution < -0.4 is 0 Å². The van der Waals surface area contributed by atoms with Crippen molar-refractivity contribution >= 4 is 0 Å². The van der Waals surface area contributed by atoms with Crippen molar-refractivity contribution in [1.82, 2.24) is 0 Å². The standard InChI is InChI=1S/C4H10O2/c1-3-5-6-4-2/h3-4H2,1-2H3/p+1. The Morgan fingerprint density at radius 3 is 1.67 bits per heavy atom. The third-order valence-electron chi connectivity index (χ3n) is 0.319. The highest BCUT2D eigenvalue weighted by atomic mass is 17.2. The molecule has 6 heavy (non-hydrogen) atoms. The highest BCUT2D eigenvalue weighted by Crippen LogP contribution is 1.72. The van der Waals surface area contributed by atoms with Gasteiger partial charge < -0.3 is 0 Å². The van der Waals surface area contributed by atoms with E-state index in [2.05, 4.69) is 9.78 Å². The fourth-order valence-electron chi connectivity index (χ4n) is 0.167. The molecule has 0 aromatic rings. The second kappa shape index (κ2) is 4.92. The SMILES string of the molecule is CCOOCC.[H+]. The summed E-state index contributed by atoms with van der Waals surface area (Å²) < 4.78 is 0. The van der Waals surface area contributed by atoms with Gasteiger partial charge in [0.15, 0.2) is 0 Å². The van der Waals surface area contributed by atoms with Crippen LogP contribution in [0.2, 0.25) is 0 Å². The van der Waals surface area contributed by atoms with Crippen LogP contribution in [-0.4, -0.2) is 13.2 Å². The van der Waals surface area contributed by atoms with Crippen LogP contribution in [-0.2, 0) is 9.78 Å². The first-order valence-corrected chi connectivity index (χ1v) is 2.16. The van der Waals surface area contributed by atoms with Gasteiger partial charge in [0.2, 0.25) is 0 Å². The lowest BCUT2D eigenvalue weighted by Crippen LogP contribution is -1.90. The zero-order valence-corrected chi connectivity index (χ0v) is 4.23. The molecule has 0 atom stereocenters. The summed E-state index contributed by atoms with van der Waals surface area (Å²) in [7, 11) is 0. The Bertz CT molecular complexity index is 21.7. The number of rotatable bonds is 3. The van der Waals surface area contributed by atoms with E-state index in [1.165, 1.54) is 0 Å². The van der Waals surface area contributed by atoms with E-state index in [1.807, 2.05) is 13.8 Å². The van der Waals surface area contributed by atoms with Crippen molar-refractivity contribution in [1.29, 1.82) is 0 Å². The minimum Gasteiger partial charge on any atom is -0.237 e. The smallest absolute Gasteiger partial charge is 0.237 e. The summed E-state index contributed by atoms with van der Waals surface area (Å²) in [5, 5.41) is 0. The average molecular weight is 91.1 g/mol. The van der Waals surface area contributed by atoms with Crippen LogP contribution in [0, 0.1) is 0 Å². The fourth-order valence-corrected chi connectivity index (χ4v) is 0.167. The van der Waals surface area contributed by atoms with E-state index in [1.54, 1.807) is 0 Å². The summed E-state index contributed by atoms with van der Waals surface area (Å²) in [6.07, 6.45) is 0. The predicted molar refractivity (Wildman–Crippen MR) is 24.4 cm³/mol. The van der Waals surface area contributed by atoms with Gasteiger partial charge in [-0.25, -0.2) is 9.78 Å². The first kappa shape index (κ1) is 5.92. The summed E-state index contributed by atoms with van der Waals surface area (Å²) in [6, 6.07) is 0. The molecule has 0 spiro atoms. The molecular formula is C4H11O2+. The molecule has 0 radical (unpaired) electrons. The summed E-state index contributed by atoms with van der Waals surface area (Å²) in [6.45, 7) is 5.03. The maximum absolute atomic E-state index is 4.48. The van der Waals surface area contributed by atoms with Gasteiger partial charge in [0.25, 0.3) is 0 Å². The lowest BCUT2D eigenvalue weighted by Gasteiger charge is -1.92. The molecule has 0 saturated carbocycles. The van der Waals surface area contributed by atoms with Crippen LogP contribution in [0.25, 0.3) is 0 Å². The maximum atomic E-state index is 4.48. The first-order chi connectivity index (χ1) is 2.91. The Balaban J connectivity index is 0. The van der Waals surface area contributed by atoms with E-state index >= 15 is 0 Å². The second-order valence-electron chi connectivity index (χ2n) is 0.813. The molecule has 0 amide bonds. The fraction of sp³-hybridized carbons (Fsp3) is 1.00. The highest BCUT2D eigenvalue weighted by Gasteiger charge is 1.71. The molecule has 0 fully saturated rings. The van der Waals surface area contributed by atoms with Crippen molar-refractivity contribution in [3.8, 4) is 0 Å². The molecule has 0 rings (SSSR count). The largest absolute Gasteiger partial charge is 1.00 e. The van der Waals surface area contributed by atoms with Gasteiger partial charge >= 0.3 is 1.43 Å². The van der Waals surface area contributed by atoms with Gasteiger partial charge in [-0.1, -0.05) is 0 Å². The Labute approximate surface area is 39.5 Å². The maximum Gasteiger partial charge on any atom is 1.00 e. The van der Waals surface area contributed by atoms with Crippen LogP contribution in [0.5, 0.6) is 0 Å². The van der Waals surface area contributed by atoms with E-state index < -0.39 is 0 Å². The average Bonchev–Trinajstić information content (AvgIpc) is 1.61. The third-order valence-corrected chi connectivity index (χ3v) is 0.319. The lowest BCUT2D eigenvalue weighted by atomic mass is 10.9. The molecule has 0 aliphatic carbocycles. The monoisotopic (exact) mass is 91.1 g/mol. The van der Waals surface area contributed by atoms with E-state index in [0.717, 1.165) is 0 Å². The second-order valence-corrected chi connectivity index (χ2v) is 0.813. The van der Waals surface area contributed by atoms with Crippen molar-refractivity contribution in [2.75, 3.05) is 13.2 Å². The molecule has 0 N–H and O–H groups in total. The van der Waals surface area contributed by atoms with E-state index in [9.17, 15) is 0 Å². The van der Waals surface area contributed by atoms with E-state index in [4.69, 9.17) is 0 Å². The van der Waals surface area contributed by atoms with Crippen molar-refractivity contribution in [2.45, 2.75) is 13.8 Å². The van der Waals surface area contributed by atoms with E-state index in [0.29, 0.717) is 13.2 Å². The van der Waals surface area contributed by atoms with Crippen LogP contribution >= 0.6 is 0 Å². The lowest BCUT2D eigenvalue weighted by molar-refractivity contribution is -0.287. The van der Waals surface area contributed by atoms with Crippen LogP contribution in [0.3, 0.4) is 0 Å². The molecule has 0 aromatic heterocycles. The van der Waals surface area contributed by atoms with Gasteiger partial charge in [-0.2, -0.15) is 0 Å². The molecule has 0 aliphatic heterocycles. The first-order valence-electron chi connectivity index (χ1n) is 2.16. The van der Waals surface area contributed by atoms with Crippen molar-refractivity contribution in [2.24, 2.45) is 0 Å². The molecule has 0 saturated heterocycles. The van der Waals surface area contributed by atoms with Gasteiger partial charge in [0.1, 0.15) is 0 Å². The van der Waals surface area contributed by atoms with Gasteiger partial charge in [-0.3, -0.25) is 0 Å². The van der Waals surface area contributed by atoms with Gasteiger partial charge in [-0.05, 0) is 13.8 Å². The molecule has 0 aliphatic rings. The summed E-state index contributed by atoms with van der Waals surface area (Å²) >= 11 is 0. The molecule has 0 bridgehead atoms. The van der Waals surface area contributed by atoms with Crippen LogP contribution in [0.1, 0.15) is 15.3 Å². The molecular weight excluding hydrogens is 80.0 g/mol. The highest BCUT2D eigenvalue weighted by molar-refractivity contribution is 3.97. The zero-order valence-electron chi connectivity index (χ0n) is 5.23. The predicted octanol–water partition coefficient (Wildman–Crippen LogP) is 1.09. The Morgan fingerprint density at radius 2 is 1.50 bits per heavy atom. The van der Waals surface area contributed by atoms with Crippen molar-refractivity contribution in [3.63, 3.8) is 0 Å². The summed E-state index contributed by atoms with van der Waals surface area (Å²) in [5.74, 6) is 0. The minimum atomic E-state index is 0. The molecule has 0 aromatic carbocycles. The normalized spacial score (nSPS) is 9.00. The molecule has 2 heteroatoms. The van der Waals surface area contributed by atoms with Crippen molar-refractivity contribution in [3.05, 3.63) is 0 Å². The molecule has 2 nitrogen and oxygen atoms in total. The minimum absolute atomic E-state index is 0. The third kappa shape index (κ3) is 3.92. The molecule has 0 unspecified atom stereocenters. The topological polar surface area (TPSA) is 18.5 Å². The van der Waals surface area contributed by atoms with Crippen molar-refractivity contribution < 1.29 is 11.2 Å². The Hall–Kier alpha value is -0.0800. The number of hydrogen-bond donors (Lipinski definition) is 0. The number of hydrogen-bond acceptors (Lipinski definition) is 2. The van der Waals surface area contributed by atoms with Crippen LogP contribution in [0.15, 0.2) is 0 Å². The van der Waals surface area contributed by atoms with E-state index in [-0.39, 0.29) is 1.43 Å². The van der Waals surface area contributed by atoms with Gasteiger partial charge in [0, 0.05) is 0 Å². The van der Waals surface area contributed by atoms with Crippen LogP contribution in [0.4, 0.5) is 0 Å². The molecule has 0 heterocycles. The van der Waals surface area contributed by atoms with Gasteiger partial charge in [0.05, 0.1) is 13.2 Å². The Morgan fingerprint density at radius 1 is 1.17 bits per heavy atom.